The minimum Gasteiger partial charge on any atom is -0.326 e. The van der Waals surface area contributed by atoms with Gasteiger partial charge in [0.05, 0.1) is 22.1 Å². The number of nitrogens with zero attached hydrogens (tertiary/aromatic N) is 3. The van der Waals surface area contributed by atoms with Gasteiger partial charge in [0.15, 0.2) is 0 Å². The van der Waals surface area contributed by atoms with Gasteiger partial charge in [-0.15, -0.1) is 0 Å². The van der Waals surface area contributed by atoms with Gasteiger partial charge in [-0.1, -0.05) is 147 Å². The second kappa shape index (κ2) is 17.4. The van der Waals surface area contributed by atoms with Gasteiger partial charge in [-0.2, -0.15) is 0 Å². The molecule has 5 heteroatoms. The summed E-state index contributed by atoms with van der Waals surface area (Å²) in [7, 11) is 0. The Kier molecular flexibility index (Phi) is 10.4. The SMILES string of the molecule is CC(C)C(=O)Nc1ccc(-c2ccc(N(c3ccc(-c4ccc5c(c4)c4ccccc4n5-c4ccccc4)cc3)c3ccc(-c4ccc5c(c4)c4ccccc4n5-c4ccccc4)cc3)cc2)cc1. The molecular formula is C64H48N4O. The van der Waals surface area contributed by atoms with Gasteiger partial charge < -0.3 is 19.4 Å². The van der Waals surface area contributed by atoms with Gasteiger partial charge in [-0.05, 0) is 143 Å². The van der Waals surface area contributed by atoms with Gasteiger partial charge in [-0.3, -0.25) is 4.79 Å². The van der Waals surface area contributed by atoms with Crippen LogP contribution in [0, 0.1) is 5.92 Å². The van der Waals surface area contributed by atoms with Gasteiger partial charge in [0.25, 0.3) is 0 Å². The summed E-state index contributed by atoms with van der Waals surface area (Å²) in [6.07, 6.45) is 0. The summed E-state index contributed by atoms with van der Waals surface area (Å²) in [5, 5.41) is 7.94. The van der Waals surface area contributed by atoms with E-state index in [2.05, 4.69) is 250 Å². The third kappa shape index (κ3) is 7.60. The summed E-state index contributed by atoms with van der Waals surface area (Å²) in [4.78, 5) is 14.7. The number of para-hydroxylation sites is 4. The minimum absolute atomic E-state index is 0.00899. The average Bonchev–Trinajstić information content (AvgIpc) is 3.92. The van der Waals surface area contributed by atoms with E-state index in [1.165, 1.54) is 54.7 Å². The number of nitrogens with one attached hydrogen (secondary N) is 1. The molecule has 1 N–H and O–H groups in total. The van der Waals surface area contributed by atoms with E-state index in [0.717, 1.165) is 56.4 Å². The molecule has 0 atom stereocenters. The molecule has 0 unspecified atom stereocenters. The van der Waals surface area contributed by atoms with Gasteiger partial charge in [0.2, 0.25) is 5.91 Å². The van der Waals surface area contributed by atoms with Crippen LogP contribution in [0.5, 0.6) is 0 Å². The summed E-state index contributed by atoms with van der Waals surface area (Å²) < 4.78 is 4.72. The van der Waals surface area contributed by atoms with E-state index in [-0.39, 0.29) is 11.8 Å². The van der Waals surface area contributed by atoms with Crippen molar-refractivity contribution in [1.82, 2.24) is 9.13 Å². The van der Waals surface area contributed by atoms with Gasteiger partial charge in [-0.25, -0.2) is 0 Å². The second-order valence-electron chi connectivity index (χ2n) is 18.0. The van der Waals surface area contributed by atoms with Crippen molar-refractivity contribution < 1.29 is 4.79 Å². The lowest BCUT2D eigenvalue weighted by molar-refractivity contribution is -0.118. The number of rotatable bonds is 10. The first-order valence-corrected chi connectivity index (χ1v) is 23.6. The van der Waals surface area contributed by atoms with Crippen molar-refractivity contribution in [3.63, 3.8) is 0 Å². The first kappa shape index (κ1) is 41.5. The first-order chi connectivity index (χ1) is 33.9. The summed E-state index contributed by atoms with van der Waals surface area (Å²) in [5.74, 6) is -0.0742. The standard InChI is InChI=1S/C64H48N4O/c1-43(2)64(69)65-50-31-21-44(22-32-50)45-23-33-53(34-24-45)66(54-35-25-46(26-36-54)48-29-39-62-58(41-48)56-17-9-11-19-60(56)67(62)51-13-5-3-6-14-51)55-37-27-47(28-38-55)49-30-40-63-59(42-49)57-18-10-12-20-61(57)68(63)52-15-7-4-8-16-52/h3-43H,1-2H3,(H,65,69). The van der Waals surface area contributed by atoms with Crippen LogP contribution < -0.4 is 10.2 Å². The third-order valence-electron chi connectivity index (χ3n) is 13.4. The molecule has 10 aromatic carbocycles. The molecule has 330 valence electrons. The third-order valence-corrected chi connectivity index (χ3v) is 13.4. The van der Waals surface area contributed by atoms with Crippen LogP contribution in [0.25, 0.3) is 88.4 Å². The number of hydrogen-bond donors (Lipinski definition) is 1. The summed E-state index contributed by atoms with van der Waals surface area (Å²) in [6.45, 7) is 3.80. The van der Waals surface area contributed by atoms with Crippen molar-refractivity contribution in [3.05, 3.63) is 243 Å². The minimum atomic E-state index is -0.0832. The van der Waals surface area contributed by atoms with Crippen LogP contribution in [0.4, 0.5) is 22.7 Å². The lowest BCUT2D eigenvalue weighted by atomic mass is 10.0. The molecule has 2 heterocycles. The van der Waals surface area contributed by atoms with Gasteiger partial charge >= 0.3 is 0 Å². The fourth-order valence-corrected chi connectivity index (χ4v) is 9.90. The van der Waals surface area contributed by atoms with E-state index < -0.39 is 0 Å². The zero-order valence-corrected chi connectivity index (χ0v) is 38.4. The fraction of sp³-hybridized carbons (Fsp3) is 0.0469. The zero-order valence-electron chi connectivity index (χ0n) is 38.4. The van der Waals surface area contributed by atoms with Crippen molar-refractivity contribution >= 4 is 72.3 Å². The predicted octanol–water partition coefficient (Wildman–Crippen LogP) is 16.9. The highest BCUT2D eigenvalue weighted by atomic mass is 16.1. The Morgan fingerprint density at radius 2 is 0.696 bits per heavy atom. The highest BCUT2D eigenvalue weighted by Gasteiger charge is 2.18. The first-order valence-electron chi connectivity index (χ1n) is 23.6. The number of amides is 1. The maximum Gasteiger partial charge on any atom is 0.226 e. The molecule has 0 aliphatic carbocycles. The maximum atomic E-state index is 12.3. The average molecular weight is 889 g/mol. The molecule has 2 aromatic heterocycles. The summed E-state index contributed by atoms with van der Waals surface area (Å²) in [5.41, 5.74) is 17.9. The normalized spacial score (nSPS) is 11.5. The smallest absolute Gasteiger partial charge is 0.226 e. The number of aromatic nitrogens is 2. The topological polar surface area (TPSA) is 42.2 Å². The lowest BCUT2D eigenvalue weighted by Gasteiger charge is -2.26. The largest absolute Gasteiger partial charge is 0.326 e. The Bertz CT molecular complexity index is 3610. The van der Waals surface area contributed by atoms with Crippen LogP contribution in [0.1, 0.15) is 13.8 Å². The Hall–Kier alpha value is -8.93. The molecule has 0 radical (unpaired) electrons. The lowest BCUT2D eigenvalue weighted by Crippen LogP contribution is -2.17. The molecule has 5 nitrogen and oxygen atoms in total. The highest BCUT2D eigenvalue weighted by Crippen LogP contribution is 2.41. The van der Waals surface area contributed by atoms with Crippen molar-refractivity contribution in [2.45, 2.75) is 13.8 Å². The van der Waals surface area contributed by atoms with Crippen LogP contribution in [0.15, 0.2) is 243 Å². The van der Waals surface area contributed by atoms with Crippen molar-refractivity contribution in [3.8, 4) is 44.8 Å². The van der Waals surface area contributed by atoms with E-state index >= 15 is 0 Å². The Labute approximate surface area is 401 Å². The molecule has 0 bridgehead atoms. The molecule has 0 spiro atoms. The molecule has 1 amide bonds. The molecule has 12 rings (SSSR count). The monoisotopic (exact) mass is 888 g/mol. The van der Waals surface area contributed by atoms with Crippen LogP contribution in [0.2, 0.25) is 0 Å². The van der Waals surface area contributed by atoms with E-state index in [1.54, 1.807) is 0 Å². The fourth-order valence-electron chi connectivity index (χ4n) is 9.90. The molecule has 0 saturated carbocycles. The van der Waals surface area contributed by atoms with Crippen LogP contribution in [0.3, 0.4) is 0 Å². The summed E-state index contributed by atoms with van der Waals surface area (Å²) >= 11 is 0. The molecule has 0 saturated heterocycles. The quantitative estimate of drug-likeness (QED) is 0.149. The van der Waals surface area contributed by atoms with Gasteiger partial charge in [0, 0.05) is 61.6 Å². The van der Waals surface area contributed by atoms with Crippen LogP contribution >= 0.6 is 0 Å². The molecule has 69 heavy (non-hydrogen) atoms. The molecule has 0 aliphatic rings. The highest BCUT2D eigenvalue weighted by molar-refractivity contribution is 6.11. The Morgan fingerprint density at radius 1 is 0.362 bits per heavy atom. The van der Waals surface area contributed by atoms with Gasteiger partial charge in [0.1, 0.15) is 0 Å². The number of benzene rings is 10. The van der Waals surface area contributed by atoms with E-state index in [1.807, 2.05) is 26.0 Å². The predicted molar refractivity (Wildman–Crippen MR) is 290 cm³/mol. The van der Waals surface area contributed by atoms with Crippen molar-refractivity contribution in [1.29, 1.82) is 0 Å². The number of fused-ring (bicyclic) bond motifs is 6. The summed E-state index contributed by atoms with van der Waals surface area (Å²) in [6, 6.07) is 86.9. The zero-order chi connectivity index (χ0) is 46.4. The number of anilines is 4. The Balaban J connectivity index is 0.904. The number of carbonyl (C=O) groups excluding carboxylic acids is 1. The molecule has 12 aromatic rings. The van der Waals surface area contributed by atoms with Crippen molar-refractivity contribution in [2.24, 2.45) is 5.92 Å². The van der Waals surface area contributed by atoms with Crippen molar-refractivity contribution in [2.75, 3.05) is 10.2 Å². The molecular weight excluding hydrogens is 841 g/mol. The molecule has 0 aliphatic heterocycles. The van der Waals surface area contributed by atoms with Crippen LogP contribution in [-0.2, 0) is 4.79 Å². The van der Waals surface area contributed by atoms with E-state index in [4.69, 9.17) is 0 Å². The number of hydrogen-bond acceptors (Lipinski definition) is 2. The second-order valence-corrected chi connectivity index (χ2v) is 18.0. The Morgan fingerprint density at radius 3 is 1.10 bits per heavy atom. The van der Waals surface area contributed by atoms with E-state index in [0.29, 0.717) is 0 Å². The maximum absolute atomic E-state index is 12.3. The van der Waals surface area contributed by atoms with Crippen LogP contribution in [-0.4, -0.2) is 15.0 Å². The number of carbonyl (C=O) groups is 1. The molecule has 0 fully saturated rings. The van der Waals surface area contributed by atoms with E-state index in [9.17, 15) is 4.79 Å².